The van der Waals surface area contributed by atoms with Gasteiger partial charge in [0.2, 0.25) is 10.0 Å². The molecule has 2 aromatic carbocycles. The molecular weight excluding hydrogens is 410 g/mol. The zero-order valence-corrected chi connectivity index (χ0v) is 16.8. The molecule has 4 atom stereocenters. The van der Waals surface area contributed by atoms with Crippen molar-refractivity contribution in [1.29, 1.82) is 0 Å². The Morgan fingerprint density at radius 2 is 1.80 bits per heavy atom. The third kappa shape index (κ3) is 3.55. The second-order valence-corrected chi connectivity index (χ2v) is 8.94. The molecule has 0 aromatic heterocycles. The Morgan fingerprint density at radius 1 is 1.13 bits per heavy atom. The summed E-state index contributed by atoms with van der Waals surface area (Å²) in [5.41, 5.74) is 0.670. The minimum atomic E-state index is -3.85. The molecule has 0 spiro atoms. The Labute approximate surface area is 173 Å². The maximum absolute atomic E-state index is 13.0. The third-order valence-corrected chi connectivity index (χ3v) is 7.17. The second-order valence-electron chi connectivity index (χ2n) is 7.10. The van der Waals surface area contributed by atoms with Crippen molar-refractivity contribution in [3.8, 4) is 0 Å². The van der Waals surface area contributed by atoms with Gasteiger partial charge in [-0.25, -0.2) is 13.2 Å². The third-order valence-electron chi connectivity index (χ3n) is 5.26. The number of nitro benzene ring substituents is 1. The standard InChI is InChI=1S/C20H19N3O6S/c1-14-19-18(11-12-21(14)20(24)29-13-15-5-3-2-4-6-15)22(19)30(27,28)17-9-7-16(8-10-17)23(25)26/h2-12,14,18-19H,13H2,1H3/t14-,18+,19-,22?/m1/s1. The summed E-state index contributed by atoms with van der Waals surface area (Å²) in [5, 5.41) is 10.8. The van der Waals surface area contributed by atoms with Gasteiger partial charge in [0.1, 0.15) is 6.61 Å². The summed E-state index contributed by atoms with van der Waals surface area (Å²) < 4.78 is 32.6. The van der Waals surface area contributed by atoms with Crippen LogP contribution in [-0.4, -0.2) is 46.8 Å². The average Bonchev–Trinajstić information content (AvgIpc) is 3.49. The molecule has 0 radical (unpaired) electrons. The van der Waals surface area contributed by atoms with E-state index in [-0.39, 0.29) is 23.2 Å². The first-order chi connectivity index (χ1) is 14.3. The molecule has 2 aliphatic heterocycles. The van der Waals surface area contributed by atoms with E-state index in [0.717, 1.165) is 17.7 Å². The highest BCUT2D eigenvalue weighted by atomic mass is 32.2. The Bertz CT molecular complexity index is 1100. The smallest absolute Gasteiger partial charge is 0.414 e. The van der Waals surface area contributed by atoms with Crippen LogP contribution in [0.2, 0.25) is 0 Å². The van der Waals surface area contributed by atoms with Crippen LogP contribution in [0.4, 0.5) is 10.5 Å². The molecule has 0 aliphatic carbocycles. The average molecular weight is 429 g/mol. The lowest BCUT2D eigenvalue weighted by Crippen LogP contribution is -2.41. The molecule has 1 amide bonds. The summed E-state index contributed by atoms with van der Waals surface area (Å²) in [6.45, 7) is 1.88. The minimum absolute atomic E-state index is 0.0266. The van der Waals surface area contributed by atoms with Crippen molar-refractivity contribution in [2.24, 2.45) is 0 Å². The predicted molar refractivity (Wildman–Crippen MR) is 107 cm³/mol. The molecule has 30 heavy (non-hydrogen) atoms. The normalized spacial score (nSPS) is 24.8. The fraction of sp³-hybridized carbons (Fsp3) is 0.250. The number of amides is 1. The molecule has 0 N–H and O–H groups in total. The monoisotopic (exact) mass is 429 g/mol. The summed E-state index contributed by atoms with van der Waals surface area (Å²) in [5.74, 6) is 0. The zero-order chi connectivity index (χ0) is 21.5. The molecule has 1 fully saturated rings. The van der Waals surface area contributed by atoms with Crippen molar-refractivity contribution in [3.63, 3.8) is 0 Å². The molecule has 0 saturated carbocycles. The van der Waals surface area contributed by atoms with E-state index in [0.29, 0.717) is 0 Å². The predicted octanol–water partition coefficient (Wildman–Crippen LogP) is 2.89. The van der Waals surface area contributed by atoms with E-state index in [1.54, 1.807) is 19.2 Å². The van der Waals surface area contributed by atoms with Gasteiger partial charge in [-0.3, -0.25) is 15.0 Å². The number of sulfonamides is 1. The van der Waals surface area contributed by atoms with Crippen LogP contribution in [0.1, 0.15) is 12.5 Å². The van der Waals surface area contributed by atoms with Gasteiger partial charge in [-0.1, -0.05) is 30.3 Å². The van der Waals surface area contributed by atoms with Crippen LogP contribution < -0.4 is 0 Å². The topological polar surface area (TPSA) is 110 Å². The number of nitrogens with zero attached hydrogens (tertiary/aromatic N) is 3. The van der Waals surface area contributed by atoms with Gasteiger partial charge < -0.3 is 4.74 Å². The van der Waals surface area contributed by atoms with Crippen LogP contribution in [0.15, 0.2) is 71.8 Å². The first-order valence-corrected chi connectivity index (χ1v) is 10.7. The Hall–Kier alpha value is -3.24. The van der Waals surface area contributed by atoms with Crippen molar-refractivity contribution in [3.05, 3.63) is 82.6 Å². The maximum Gasteiger partial charge on any atom is 0.414 e. The molecule has 10 heteroatoms. The van der Waals surface area contributed by atoms with E-state index in [9.17, 15) is 23.3 Å². The van der Waals surface area contributed by atoms with Crippen LogP contribution in [0, 0.1) is 10.1 Å². The van der Waals surface area contributed by atoms with Crippen molar-refractivity contribution in [2.75, 3.05) is 0 Å². The van der Waals surface area contributed by atoms with Crippen LogP contribution in [0.3, 0.4) is 0 Å². The van der Waals surface area contributed by atoms with Gasteiger partial charge in [-0.05, 0) is 30.7 Å². The number of hydrogen-bond donors (Lipinski definition) is 0. The quantitative estimate of drug-likeness (QED) is 0.411. The highest BCUT2D eigenvalue weighted by molar-refractivity contribution is 7.89. The largest absolute Gasteiger partial charge is 0.444 e. The molecule has 9 nitrogen and oxygen atoms in total. The van der Waals surface area contributed by atoms with Crippen molar-refractivity contribution >= 4 is 21.8 Å². The van der Waals surface area contributed by atoms with E-state index in [1.807, 2.05) is 30.3 Å². The summed E-state index contributed by atoms with van der Waals surface area (Å²) >= 11 is 0. The molecule has 1 unspecified atom stereocenters. The number of benzene rings is 2. The second kappa shape index (κ2) is 7.54. The molecule has 1 saturated heterocycles. The first-order valence-electron chi connectivity index (χ1n) is 9.26. The van der Waals surface area contributed by atoms with Crippen molar-refractivity contribution in [2.45, 2.75) is 36.6 Å². The van der Waals surface area contributed by atoms with E-state index in [4.69, 9.17) is 4.74 Å². The molecule has 2 heterocycles. The van der Waals surface area contributed by atoms with E-state index < -0.39 is 33.1 Å². The lowest BCUT2D eigenvalue weighted by molar-refractivity contribution is -0.384. The molecule has 156 valence electrons. The molecule has 2 aromatic rings. The number of hydrogen-bond acceptors (Lipinski definition) is 6. The van der Waals surface area contributed by atoms with E-state index in [1.165, 1.54) is 21.3 Å². The van der Waals surface area contributed by atoms with Crippen LogP contribution in [-0.2, 0) is 21.4 Å². The Morgan fingerprint density at radius 3 is 2.43 bits per heavy atom. The Balaban J connectivity index is 1.45. The Kier molecular flexibility index (Phi) is 5.04. The molecular formula is C20H19N3O6S. The number of non-ortho nitro benzene ring substituents is 1. The lowest BCUT2D eigenvalue weighted by atomic mass is 10.1. The number of fused-ring (bicyclic) bond motifs is 1. The summed E-state index contributed by atoms with van der Waals surface area (Å²) in [4.78, 5) is 24.1. The van der Waals surface area contributed by atoms with Gasteiger partial charge in [0.15, 0.2) is 0 Å². The highest BCUT2D eigenvalue weighted by Gasteiger charge is 2.60. The molecule has 4 rings (SSSR count). The van der Waals surface area contributed by atoms with Crippen LogP contribution >= 0.6 is 0 Å². The van der Waals surface area contributed by atoms with Gasteiger partial charge in [0.05, 0.1) is 27.9 Å². The fourth-order valence-corrected chi connectivity index (χ4v) is 5.43. The lowest BCUT2D eigenvalue weighted by Gasteiger charge is -2.26. The zero-order valence-electron chi connectivity index (χ0n) is 16.0. The first kappa shape index (κ1) is 20.0. The van der Waals surface area contributed by atoms with Crippen LogP contribution in [0.5, 0.6) is 0 Å². The van der Waals surface area contributed by atoms with Crippen molar-refractivity contribution in [1.82, 2.24) is 9.21 Å². The van der Waals surface area contributed by atoms with Gasteiger partial charge in [-0.15, -0.1) is 0 Å². The van der Waals surface area contributed by atoms with E-state index >= 15 is 0 Å². The summed E-state index contributed by atoms with van der Waals surface area (Å²) in [6, 6.07) is 12.8. The maximum atomic E-state index is 13.0. The van der Waals surface area contributed by atoms with Gasteiger partial charge >= 0.3 is 6.09 Å². The minimum Gasteiger partial charge on any atom is -0.444 e. The number of nitro groups is 1. The van der Waals surface area contributed by atoms with Gasteiger partial charge in [0, 0.05) is 18.3 Å². The van der Waals surface area contributed by atoms with E-state index in [2.05, 4.69) is 0 Å². The number of carbonyl (C=O) groups is 1. The van der Waals surface area contributed by atoms with Crippen LogP contribution in [0.25, 0.3) is 0 Å². The fourth-order valence-electron chi connectivity index (χ4n) is 3.63. The van der Waals surface area contributed by atoms with Crippen molar-refractivity contribution < 1.29 is 22.9 Å². The number of ether oxygens (including phenoxy) is 1. The molecule has 0 bridgehead atoms. The number of carbonyl (C=O) groups excluding carboxylic acids is 1. The number of rotatable bonds is 5. The molecule has 2 aliphatic rings. The van der Waals surface area contributed by atoms with Gasteiger partial charge in [0.25, 0.3) is 5.69 Å². The van der Waals surface area contributed by atoms with Gasteiger partial charge in [-0.2, -0.15) is 4.31 Å². The summed E-state index contributed by atoms with van der Waals surface area (Å²) in [6.07, 6.45) is 2.64. The SMILES string of the molecule is C[C@@H]1[C@@H]2[C@H](C=CN1C(=O)OCc1ccccc1)N2S(=O)(=O)c1ccc([N+](=O)[O-])cc1. The highest BCUT2D eigenvalue weighted by Crippen LogP contribution is 2.43. The summed E-state index contributed by atoms with van der Waals surface area (Å²) in [7, 11) is -3.85.